The van der Waals surface area contributed by atoms with Crippen molar-refractivity contribution in [3.8, 4) is 17.0 Å². The maximum Gasteiger partial charge on any atom is 0.236 e. The molecule has 0 aliphatic heterocycles. The number of ether oxygens (including phenoxy) is 1. The predicted molar refractivity (Wildman–Crippen MR) is 69.4 cm³/mol. The van der Waals surface area contributed by atoms with E-state index >= 15 is 0 Å². The Morgan fingerprint density at radius 3 is 2.61 bits per heavy atom. The van der Waals surface area contributed by atoms with Gasteiger partial charge in [-0.15, -0.1) is 0 Å². The number of hydrogen-bond donors (Lipinski definition) is 1. The van der Waals surface area contributed by atoms with E-state index in [1.807, 2.05) is 41.1 Å². The van der Waals surface area contributed by atoms with E-state index in [1.165, 1.54) is 0 Å². The van der Waals surface area contributed by atoms with Crippen LogP contribution in [0.4, 0.5) is 5.82 Å². The molecule has 2 aromatic heterocycles. The molecule has 0 atom stereocenters. The van der Waals surface area contributed by atoms with Crippen molar-refractivity contribution in [3.05, 3.63) is 42.7 Å². The first kappa shape index (κ1) is 10.6. The maximum absolute atomic E-state index is 5.63. The molecule has 0 fully saturated rings. The zero-order chi connectivity index (χ0) is 12.5. The molecular formula is C13H12N4O. The average Bonchev–Trinajstić information content (AvgIpc) is 2.81. The summed E-state index contributed by atoms with van der Waals surface area (Å²) in [7, 11) is 1.65. The van der Waals surface area contributed by atoms with Gasteiger partial charge in [-0.25, -0.2) is 4.98 Å². The van der Waals surface area contributed by atoms with Gasteiger partial charge < -0.3 is 10.5 Å². The van der Waals surface area contributed by atoms with Gasteiger partial charge in [0.15, 0.2) is 0 Å². The van der Waals surface area contributed by atoms with Crippen molar-refractivity contribution in [3.63, 3.8) is 0 Å². The molecule has 3 rings (SSSR count). The van der Waals surface area contributed by atoms with Crippen LogP contribution in [0.1, 0.15) is 0 Å². The second-order valence-electron chi connectivity index (χ2n) is 3.91. The van der Waals surface area contributed by atoms with Gasteiger partial charge in [-0.2, -0.15) is 4.98 Å². The summed E-state index contributed by atoms with van der Waals surface area (Å²) < 4.78 is 6.97. The second-order valence-corrected chi connectivity index (χ2v) is 3.91. The number of methoxy groups -OCH3 is 1. The van der Waals surface area contributed by atoms with E-state index in [0.717, 1.165) is 17.0 Å². The summed E-state index contributed by atoms with van der Waals surface area (Å²) in [6.07, 6.45) is 3.77. The fraction of sp³-hybridized carbons (Fsp3) is 0.0769. The van der Waals surface area contributed by atoms with Crippen LogP contribution in [0.5, 0.6) is 5.75 Å². The molecule has 0 radical (unpaired) electrons. The summed E-state index contributed by atoms with van der Waals surface area (Å²) in [6, 6.07) is 9.47. The second kappa shape index (κ2) is 4.03. The van der Waals surface area contributed by atoms with Crippen LogP contribution in [-0.2, 0) is 0 Å². The highest BCUT2D eigenvalue weighted by Gasteiger charge is 2.05. The third-order valence-electron chi connectivity index (χ3n) is 2.73. The zero-order valence-corrected chi connectivity index (χ0v) is 9.87. The molecule has 2 N–H and O–H groups in total. The summed E-state index contributed by atoms with van der Waals surface area (Å²) in [6.45, 7) is 0. The lowest BCUT2D eigenvalue weighted by atomic mass is 10.2. The number of imidazole rings is 1. The topological polar surface area (TPSA) is 65.4 Å². The molecule has 2 heterocycles. The lowest BCUT2D eigenvalue weighted by Crippen LogP contribution is -1.93. The van der Waals surface area contributed by atoms with Gasteiger partial charge in [-0.1, -0.05) is 0 Å². The fourth-order valence-corrected chi connectivity index (χ4v) is 1.79. The van der Waals surface area contributed by atoms with Gasteiger partial charge in [0.25, 0.3) is 0 Å². The highest BCUT2D eigenvalue weighted by atomic mass is 16.5. The number of benzene rings is 1. The third kappa shape index (κ3) is 1.75. The van der Waals surface area contributed by atoms with Crippen molar-refractivity contribution in [1.82, 2.24) is 14.4 Å². The minimum absolute atomic E-state index is 0.467. The summed E-state index contributed by atoms with van der Waals surface area (Å²) in [4.78, 5) is 8.59. The molecule has 0 spiro atoms. The number of fused-ring (bicyclic) bond motifs is 1. The van der Waals surface area contributed by atoms with Crippen LogP contribution in [-0.4, -0.2) is 21.5 Å². The number of nitrogens with zero attached hydrogens (tertiary/aromatic N) is 3. The van der Waals surface area contributed by atoms with E-state index < -0.39 is 0 Å². The Bertz CT molecular complexity index is 688. The molecule has 3 aromatic rings. The number of anilines is 1. The van der Waals surface area contributed by atoms with Crippen LogP contribution in [0.2, 0.25) is 0 Å². The van der Waals surface area contributed by atoms with Crippen LogP contribution in [0.3, 0.4) is 0 Å². The third-order valence-corrected chi connectivity index (χ3v) is 2.73. The van der Waals surface area contributed by atoms with Crippen molar-refractivity contribution >= 4 is 11.6 Å². The van der Waals surface area contributed by atoms with Crippen molar-refractivity contribution in [2.75, 3.05) is 12.8 Å². The number of aromatic nitrogens is 3. The van der Waals surface area contributed by atoms with Crippen molar-refractivity contribution < 1.29 is 4.74 Å². The smallest absolute Gasteiger partial charge is 0.236 e. The van der Waals surface area contributed by atoms with Gasteiger partial charge in [0.05, 0.1) is 12.8 Å². The maximum atomic E-state index is 5.63. The van der Waals surface area contributed by atoms with Crippen LogP contribution in [0, 0.1) is 0 Å². The number of rotatable bonds is 2. The van der Waals surface area contributed by atoms with Gasteiger partial charge in [0.1, 0.15) is 11.6 Å². The van der Waals surface area contributed by atoms with E-state index in [4.69, 9.17) is 10.5 Å². The number of hydrogen-bond acceptors (Lipinski definition) is 4. The quantitative estimate of drug-likeness (QED) is 0.744. The van der Waals surface area contributed by atoms with Gasteiger partial charge >= 0.3 is 0 Å². The van der Waals surface area contributed by atoms with Gasteiger partial charge in [-0.05, 0) is 30.3 Å². The minimum Gasteiger partial charge on any atom is -0.497 e. The lowest BCUT2D eigenvalue weighted by Gasteiger charge is -1.99. The van der Waals surface area contributed by atoms with Gasteiger partial charge in [-0.3, -0.25) is 4.40 Å². The van der Waals surface area contributed by atoms with Crippen molar-refractivity contribution in [1.29, 1.82) is 0 Å². The summed E-state index contributed by atoms with van der Waals surface area (Å²) in [5.41, 5.74) is 7.50. The molecule has 0 aliphatic rings. The Morgan fingerprint density at radius 2 is 1.89 bits per heavy atom. The number of nitrogen functional groups attached to an aromatic ring is 1. The predicted octanol–water partition coefficient (Wildman–Crippen LogP) is 1.99. The van der Waals surface area contributed by atoms with Crippen molar-refractivity contribution in [2.24, 2.45) is 0 Å². The standard InChI is InChI=1S/C13H12N4O/c1-18-10-4-2-9(3-5-10)11-8-17-7-6-12(14)16-13(17)15-11/h2-8H,1H3,(H2,14,15,16). The molecule has 0 unspecified atom stereocenters. The Morgan fingerprint density at radius 1 is 1.11 bits per heavy atom. The Balaban J connectivity index is 2.07. The molecule has 0 amide bonds. The molecule has 0 aliphatic carbocycles. The monoisotopic (exact) mass is 240 g/mol. The van der Waals surface area contributed by atoms with E-state index in [0.29, 0.717) is 11.6 Å². The molecule has 0 bridgehead atoms. The molecular weight excluding hydrogens is 228 g/mol. The first-order valence-corrected chi connectivity index (χ1v) is 5.52. The molecule has 5 heteroatoms. The van der Waals surface area contributed by atoms with Crippen LogP contribution < -0.4 is 10.5 Å². The Kier molecular flexibility index (Phi) is 2.37. The molecule has 0 saturated heterocycles. The normalized spacial score (nSPS) is 10.7. The summed E-state index contributed by atoms with van der Waals surface area (Å²) in [5, 5.41) is 0. The zero-order valence-electron chi connectivity index (χ0n) is 9.87. The SMILES string of the molecule is COc1ccc(-c2cn3ccc(N)nc3n2)cc1. The first-order valence-electron chi connectivity index (χ1n) is 5.52. The molecule has 18 heavy (non-hydrogen) atoms. The van der Waals surface area contributed by atoms with E-state index in [1.54, 1.807) is 13.2 Å². The van der Waals surface area contributed by atoms with E-state index in [2.05, 4.69) is 9.97 Å². The van der Waals surface area contributed by atoms with Gasteiger partial charge in [0, 0.05) is 18.0 Å². The van der Waals surface area contributed by atoms with Crippen molar-refractivity contribution in [2.45, 2.75) is 0 Å². The summed E-state index contributed by atoms with van der Waals surface area (Å²) >= 11 is 0. The Hall–Kier alpha value is -2.56. The highest BCUT2D eigenvalue weighted by molar-refractivity contribution is 5.62. The average molecular weight is 240 g/mol. The minimum atomic E-state index is 0.467. The summed E-state index contributed by atoms with van der Waals surface area (Å²) in [5.74, 6) is 1.89. The highest BCUT2D eigenvalue weighted by Crippen LogP contribution is 2.21. The fourth-order valence-electron chi connectivity index (χ4n) is 1.79. The van der Waals surface area contributed by atoms with Gasteiger partial charge in [0.2, 0.25) is 5.78 Å². The molecule has 0 saturated carbocycles. The molecule has 1 aromatic carbocycles. The molecule has 5 nitrogen and oxygen atoms in total. The first-order chi connectivity index (χ1) is 8.76. The largest absolute Gasteiger partial charge is 0.497 e. The lowest BCUT2D eigenvalue weighted by molar-refractivity contribution is 0.415. The number of nitrogens with two attached hydrogens (primary N) is 1. The van der Waals surface area contributed by atoms with E-state index in [-0.39, 0.29) is 0 Å². The van der Waals surface area contributed by atoms with Crippen LogP contribution in [0.15, 0.2) is 42.7 Å². The Labute approximate surface area is 104 Å². The van der Waals surface area contributed by atoms with Crippen LogP contribution in [0.25, 0.3) is 17.0 Å². The molecule has 90 valence electrons. The van der Waals surface area contributed by atoms with E-state index in [9.17, 15) is 0 Å². The van der Waals surface area contributed by atoms with Crippen LogP contribution >= 0.6 is 0 Å².